The molecule has 9 heteroatoms. The minimum absolute atomic E-state index is 0.0455. The first-order valence-electron chi connectivity index (χ1n) is 10.7. The number of aromatic nitrogens is 2. The van der Waals surface area contributed by atoms with Crippen molar-refractivity contribution in [2.45, 2.75) is 38.0 Å². The van der Waals surface area contributed by atoms with Crippen LogP contribution in [-0.2, 0) is 4.79 Å². The Balaban J connectivity index is 1.32. The summed E-state index contributed by atoms with van der Waals surface area (Å²) in [4.78, 5) is 23.4. The maximum absolute atomic E-state index is 12.5. The van der Waals surface area contributed by atoms with Crippen molar-refractivity contribution in [3.05, 3.63) is 65.5 Å². The summed E-state index contributed by atoms with van der Waals surface area (Å²) in [5.41, 5.74) is 2.87. The van der Waals surface area contributed by atoms with E-state index in [1.807, 2.05) is 30.3 Å². The van der Waals surface area contributed by atoms with E-state index in [2.05, 4.69) is 20.8 Å². The number of anilines is 3. The third-order valence-corrected chi connectivity index (χ3v) is 5.81. The largest absolute Gasteiger partial charge is 0.481 e. The van der Waals surface area contributed by atoms with Gasteiger partial charge in [-0.25, -0.2) is 0 Å². The molecule has 0 aliphatic heterocycles. The van der Waals surface area contributed by atoms with E-state index in [0.29, 0.717) is 22.9 Å². The molecule has 9 nitrogen and oxygen atoms in total. The van der Waals surface area contributed by atoms with Gasteiger partial charge in [0.2, 0.25) is 0 Å². The minimum Gasteiger partial charge on any atom is -0.481 e. The highest BCUT2D eigenvalue weighted by Gasteiger charge is 2.24. The summed E-state index contributed by atoms with van der Waals surface area (Å²) >= 11 is 0. The van der Waals surface area contributed by atoms with Crippen molar-refractivity contribution in [2.75, 3.05) is 10.6 Å². The summed E-state index contributed by atoms with van der Waals surface area (Å²) in [6.45, 7) is 0. The topological polar surface area (TPSA) is 141 Å². The van der Waals surface area contributed by atoms with E-state index < -0.39 is 11.9 Å². The molecule has 1 aliphatic carbocycles. The number of nitrogens with zero attached hydrogens (tertiary/aromatic N) is 3. The number of carboxylic acids is 1. The van der Waals surface area contributed by atoms with Crippen LogP contribution in [0.3, 0.4) is 0 Å². The maximum Gasteiger partial charge on any atom is 0.320 e. The zero-order valence-corrected chi connectivity index (χ0v) is 17.8. The lowest BCUT2D eigenvalue weighted by Gasteiger charge is -2.28. The number of carbonyl (C=O) groups is 2. The number of rotatable bonds is 7. The lowest BCUT2D eigenvalue weighted by Crippen LogP contribution is -2.16. The molecule has 1 aliphatic rings. The first-order chi connectivity index (χ1) is 16.0. The van der Waals surface area contributed by atoms with Crippen LogP contribution in [0.5, 0.6) is 0 Å². The second-order valence-electron chi connectivity index (χ2n) is 8.12. The number of hydrogen-bond donors (Lipinski definition) is 3. The van der Waals surface area contributed by atoms with Crippen molar-refractivity contribution >= 4 is 29.3 Å². The number of nitriles is 1. The fourth-order valence-electron chi connectivity index (χ4n) is 4.13. The Morgan fingerprint density at radius 2 is 1.82 bits per heavy atom. The van der Waals surface area contributed by atoms with Gasteiger partial charge in [0.05, 0.1) is 11.6 Å². The smallest absolute Gasteiger partial charge is 0.320 e. The van der Waals surface area contributed by atoms with Gasteiger partial charge in [-0.3, -0.25) is 9.59 Å². The molecule has 4 rings (SSSR count). The molecule has 1 fully saturated rings. The van der Waals surface area contributed by atoms with Gasteiger partial charge in [-0.2, -0.15) is 5.26 Å². The highest BCUT2D eigenvalue weighted by Crippen LogP contribution is 2.37. The lowest BCUT2D eigenvalue weighted by atomic mass is 9.77. The van der Waals surface area contributed by atoms with Gasteiger partial charge in [-0.1, -0.05) is 23.3 Å². The van der Waals surface area contributed by atoms with Gasteiger partial charge in [0.25, 0.3) is 0 Å². The Hall–Kier alpha value is -4.19. The summed E-state index contributed by atoms with van der Waals surface area (Å²) in [6.07, 6.45) is 4.03. The number of nitrogens with one attached hydrogen (secondary N) is 2. The monoisotopic (exact) mass is 445 g/mol. The standard InChI is InChI=1S/C24H23N5O4/c25-14-16-2-1-3-20(12-16)27-24-29-28-23(33-24)22(32)26-19-10-8-18(9-11-19)17-6-4-15(5-7-17)13-21(30)31/h1-3,8-12,15,17H,4-7,13H2,(H,26,32)(H,27,29)(H,30,31). The van der Waals surface area contributed by atoms with Crippen LogP contribution in [0, 0.1) is 17.2 Å². The molecule has 1 amide bonds. The summed E-state index contributed by atoms with van der Waals surface area (Å²) in [6, 6.07) is 16.5. The van der Waals surface area contributed by atoms with Gasteiger partial charge in [-0.05, 0) is 73.4 Å². The number of carbonyl (C=O) groups excluding carboxylic acids is 1. The first kappa shape index (κ1) is 22.0. The average molecular weight is 445 g/mol. The Morgan fingerprint density at radius 1 is 1.06 bits per heavy atom. The fraction of sp³-hybridized carbons (Fsp3) is 0.292. The highest BCUT2D eigenvalue weighted by atomic mass is 16.4. The Morgan fingerprint density at radius 3 is 2.52 bits per heavy atom. The molecule has 0 unspecified atom stereocenters. The van der Waals surface area contributed by atoms with E-state index in [1.54, 1.807) is 24.3 Å². The van der Waals surface area contributed by atoms with Crippen LogP contribution in [0.15, 0.2) is 52.9 Å². The van der Waals surface area contributed by atoms with Gasteiger partial charge in [0, 0.05) is 17.8 Å². The molecule has 0 spiro atoms. The Labute approximate surface area is 190 Å². The van der Waals surface area contributed by atoms with E-state index >= 15 is 0 Å². The van der Waals surface area contributed by atoms with Crippen molar-refractivity contribution in [1.82, 2.24) is 10.2 Å². The zero-order valence-electron chi connectivity index (χ0n) is 17.8. The van der Waals surface area contributed by atoms with E-state index in [1.165, 1.54) is 5.56 Å². The van der Waals surface area contributed by atoms with Gasteiger partial charge in [0.15, 0.2) is 0 Å². The number of carboxylic acid groups (broad SMARTS) is 1. The fourth-order valence-corrected chi connectivity index (χ4v) is 4.13. The molecule has 1 heterocycles. The third-order valence-electron chi connectivity index (χ3n) is 5.81. The third kappa shape index (κ3) is 5.74. The molecule has 33 heavy (non-hydrogen) atoms. The maximum atomic E-state index is 12.5. The zero-order chi connectivity index (χ0) is 23.2. The second-order valence-corrected chi connectivity index (χ2v) is 8.12. The van der Waals surface area contributed by atoms with E-state index in [-0.39, 0.29) is 24.2 Å². The summed E-state index contributed by atoms with van der Waals surface area (Å²) < 4.78 is 5.38. The van der Waals surface area contributed by atoms with Gasteiger partial charge >= 0.3 is 23.8 Å². The Bertz CT molecular complexity index is 1170. The lowest BCUT2D eigenvalue weighted by molar-refractivity contribution is -0.138. The number of amides is 1. The van der Waals surface area contributed by atoms with E-state index in [4.69, 9.17) is 14.8 Å². The summed E-state index contributed by atoms with van der Waals surface area (Å²) in [7, 11) is 0. The van der Waals surface area contributed by atoms with Crippen molar-refractivity contribution in [3.8, 4) is 6.07 Å². The SMILES string of the molecule is N#Cc1cccc(Nc2nnc(C(=O)Nc3ccc(C4CCC(CC(=O)O)CC4)cc3)o2)c1. The molecule has 0 saturated heterocycles. The van der Waals surface area contributed by atoms with Crippen LogP contribution in [0.2, 0.25) is 0 Å². The number of benzene rings is 2. The second kappa shape index (κ2) is 9.96. The van der Waals surface area contributed by atoms with E-state index in [9.17, 15) is 9.59 Å². The minimum atomic E-state index is -0.726. The molecule has 3 aromatic rings. The van der Waals surface area contributed by atoms with Crippen LogP contribution >= 0.6 is 0 Å². The van der Waals surface area contributed by atoms with Gasteiger partial charge < -0.3 is 20.2 Å². The molecule has 3 N–H and O–H groups in total. The molecule has 1 aromatic heterocycles. The molecule has 0 bridgehead atoms. The summed E-state index contributed by atoms with van der Waals surface area (Å²) in [5.74, 6) is -0.765. The number of hydrogen-bond acceptors (Lipinski definition) is 7. The Kier molecular flexibility index (Phi) is 6.64. The number of aliphatic carboxylic acids is 1. The van der Waals surface area contributed by atoms with Gasteiger partial charge in [0.1, 0.15) is 0 Å². The molecular weight excluding hydrogens is 422 g/mol. The molecule has 0 atom stereocenters. The molecule has 1 saturated carbocycles. The predicted octanol–water partition coefficient (Wildman–Crippen LogP) is 4.69. The van der Waals surface area contributed by atoms with Gasteiger partial charge in [-0.15, -0.1) is 5.10 Å². The quantitative estimate of drug-likeness (QED) is 0.476. The average Bonchev–Trinajstić information content (AvgIpc) is 3.28. The molecule has 168 valence electrons. The van der Waals surface area contributed by atoms with Crippen LogP contribution in [0.25, 0.3) is 0 Å². The van der Waals surface area contributed by atoms with Crippen LogP contribution < -0.4 is 10.6 Å². The first-order valence-corrected chi connectivity index (χ1v) is 10.7. The predicted molar refractivity (Wildman–Crippen MR) is 120 cm³/mol. The van der Waals surface area contributed by atoms with Crippen molar-refractivity contribution < 1.29 is 19.1 Å². The van der Waals surface area contributed by atoms with Crippen molar-refractivity contribution in [2.24, 2.45) is 5.92 Å². The van der Waals surface area contributed by atoms with Crippen LogP contribution in [0.4, 0.5) is 17.4 Å². The summed E-state index contributed by atoms with van der Waals surface area (Å²) in [5, 5.41) is 31.1. The van der Waals surface area contributed by atoms with E-state index in [0.717, 1.165) is 25.7 Å². The van der Waals surface area contributed by atoms with Crippen LogP contribution in [-0.4, -0.2) is 27.2 Å². The molecule has 2 aromatic carbocycles. The van der Waals surface area contributed by atoms with Crippen molar-refractivity contribution in [3.63, 3.8) is 0 Å². The normalized spacial score (nSPS) is 17.7. The highest BCUT2D eigenvalue weighted by molar-refractivity contribution is 6.00. The van der Waals surface area contributed by atoms with Crippen LogP contribution in [0.1, 0.15) is 59.8 Å². The molecular formula is C24H23N5O4. The van der Waals surface area contributed by atoms with Crippen molar-refractivity contribution in [1.29, 1.82) is 5.26 Å². The molecule has 0 radical (unpaired) electrons.